The van der Waals surface area contributed by atoms with Crippen LogP contribution in [0.3, 0.4) is 0 Å². The number of fused-ring (bicyclic) bond motifs is 1. The molecular weight excluding hydrogens is 382 g/mol. The summed E-state index contributed by atoms with van der Waals surface area (Å²) < 4.78 is 2.47. The average Bonchev–Trinajstić information content (AvgIpc) is 3.17. The van der Waals surface area contributed by atoms with Gasteiger partial charge in [0.1, 0.15) is 5.82 Å². The number of aromatic nitrogens is 2. The molecule has 2 aliphatic rings. The molecule has 2 fully saturated rings. The lowest BCUT2D eigenvalue weighted by Crippen LogP contribution is -2.44. The summed E-state index contributed by atoms with van der Waals surface area (Å²) in [6.45, 7) is 4.00. The zero-order valence-electron chi connectivity index (χ0n) is 18.5. The van der Waals surface area contributed by atoms with E-state index < -0.39 is 0 Å². The lowest BCUT2D eigenvalue weighted by atomic mass is 9.79. The third kappa shape index (κ3) is 4.13. The second kappa shape index (κ2) is 8.86. The van der Waals surface area contributed by atoms with Crippen LogP contribution in [0.1, 0.15) is 62.9 Å². The first-order valence-corrected chi connectivity index (χ1v) is 12.0. The van der Waals surface area contributed by atoms with Crippen molar-refractivity contribution in [2.45, 2.75) is 57.9 Å². The highest BCUT2D eigenvalue weighted by Crippen LogP contribution is 2.34. The van der Waals surface area contributed by atoms with Crippen LogP contribution < -0.4 is 0 Å². The molecule has 162 valence electrons. The molecular formula is C27H33N3O. The Morgan fingerprint density at radius 1 is 0.935 bits per heavy atom. The van der Waals surface area contributed by atoms with E-state index in [4.69, 9.17) is 4.98 Å². The quantitative estimate of drug-likeness (QED) is 0.555. The van der Waals surface area contributed by atoms with Gasteiger partial charge in [0.25, 0.3) is 0 Å². The zero-order valence-corrected chi connectivity index (χ0v) is 18.5. The van der Waals surface area contributed by atoms with Crippen LogP contribution in [0.5, 0.6) is 0 Å². The Morgan fingerprint density at radius 2 is 1.65 bits per heavy atom. The molecule has 2 atom stereocenters. The number of amides is 1. The number of carbonyl (C=O) groups excluding carboxylic acids is 1. The molecule has 1 saturated carbocycles. The molecule has 5 rings (SSSR count). The number of hydrogen-bond acceptors (Lipinski definition) is 2. The molecule has 1 aromatic heterocycles. The normalized spacial score (nSPS) is 22.7. The lowest BCUT2D eigenvalue weighted by Gasteiger charge is -2.38. The van der Waals surface area contributed by atoms with E-state index in [0.29, 0.717) is 17.9 Å². The van der Waals surface area contributed by atoms with E-state index >= 15 is 0 Å². The van der Waals surface area contributed by atoms with E-state index in [0.717, 1.165) is 50.1 Å². The van der Waals surface area contributed by atoms with Gasteiger partial charge in [-0.2, -0.15) is 0 Å². The highest BCUT2D eigenvalue weighted by atomic mass is 16.2. The third-order valence-electron chi connectivity index (χ3n) is 7.44. The summed E-state index contributed by atoms with van der Waals surface area (Å²) in [5, 5.41) is 0. The van der Waals surface area contributed by atoms with Gasteiger partial charge in [-0.3, -0.25) is 4.79 Å². The van der Waals surface area contributed by atoms with Crippen molar-refractivity contribution >= 4 is 16.9 Å². The number of piperidine rings is 1. The monoisotopic (exact) mass is 415 g/mol. The number of carbonyl (C=O) groups is 1. The van der Waals surface area contributed by atoms with Crippen LogP contribution in [0.25, 0.3) is 11.0 Å². The summed E-state index contributed by atoms with van der Waals surface area (Å²) in [7, 11) is 0. The molecule has 0 unspecified atom stereocenters. The first kappa shape index (κ1) is 20.3. The van der Waals surface area contributed by atoms with Gasteiger partial charge < -0.3 is 9.47 Å². The highest BCUT2D eigenvalue weighted by molar-refractivity contribution is 5.79. The number of hydrogen-bond donors (Lipinski definition) is 0. The van der Waals surface area contributed by atoms with Crippen molar-refractivity contribution in [3.63, 3.8) is 0 Å². The van der Waals surface area contributed by atoms with E-state index in [1.54, 1.807) is 0 Å². The third-order valence-corrected chi connectivity index (χ3v) is 7.44. The fourth-order valence-electron chi connectivity index (χ4n) is 5.67. The number of rotatable bonds is 4. The maximum atomic E-state index is 13.2. The summed E-state index contributed by atoms with van der Waals surface area (Å²) in [6, 6.07) is 19.5. The molecule has 1 saturated heterocycles. The van der Waals surface area contributed by atoms with Gasteiger partial charge in [0.05, 0.1) is 11.0 Å². The number of nitrogens with zero attached hydrogens (tertiary/aromatic N) is 3. The van der Waals surface area contributed by atoms with Crippen LogP contribution in [-0.2, 0) is 11.2 Å². The Bertz CT molecular complexity index is 1030. The molecule has 0 radical (unpaired) electrons. The van der Waals surface area contributed by atoms with Crippen LogP contribution in [0.2, 0.25) is 0 Å². The van der Waals surface area contributed by atoms with Gasteiger partial charge >= 0.3 is 0 Å². The van der Waals surface area contributed by atoms with E-state index in [1.165, 1.54) is 30.3 Å². The molecule has 0 bridgehead atoms. The van der Waals surface area contributed by atoms with Gasteiger partial charge in [0.2, 0.25) is 5.91 Å². The largest absolute Gasteiger partial charge is 0.342 e. The van der Waals surface area contributed by atoms with Crippen LogP contribution >= 0.6 is 0 Å². The Kier molecular flexibility index (Phi) is 5.80. The molecule has 2 heterocycles. The van der Waals surface area contributed by atoms with Crippen molar-refractivity contribution in [1.29, 1.82) is 0 Å². The maximum Gasteiger partial charge on any atom is 0.225 e. The fourth-order valence-corrected chi connectivity index (χ4v) is 5.67. The highest BCUT2D eigenvalue weighted by Gasteiger charge is 2.33. The van der Waals surface area contributed by atoms with Crippen LogP contribution in [0.4, 0.5) is 0 Å². The minimum Gasteiger partial charge on any atom is -0.342 e. The van der Waals surface area contributed by atoms with E-state index in [-0.39, 0.29) is 5.92 Å². The molecule has 0 spiro atoms. The average molecular weight is 416 g/mol. The summed E-state index contributed by atoms with van der Waals surface area (Å²) in [5.74, 6) is 2.32. The van der Waals surface area contributed by atoms with Gasteiger partial charge in [0, 0.05) is 31.5 Å². The topological polar surface area (TPSA) is 38.1 Å². The lowest BCUT2D eigenvalue weighted by molar-refractivity contribution is -0.139. The van der Waals surface area contributed by atoms with Crippen molar-refractivity contribution < 1.29 is 4.79 Å². The van der Waals surface area contributed by atoms with E-state index in [9.17, 15) is 4.79 Å². The smallest absolute Gasteiger partial charge is 0.225 e. The summed E-state index contributed by atoms with van der Waals surface area (Å²) in [5.41, 5.74) is 3.58. The Hall–Kier alpha value is -2.62. The number of likely N-dealkylation sites (tertiary alicyclic amines) is 1. The molecule has 2 aromatic carbocycles. The number of imidazole rings is 1. The summed E-state index contributed by atoms with van der Waals surface area (Å²) in [6.07, 6.45) is 7.63. The Labute approximate surface area is 185 Å². The minimum absolute atomic E-state index is 0.244. The van der Waals surface area contributed by atoms with Gasteiger partial charge in [-0.05, 0) is 49.3 Å². The van der Waals surface area contributed by atoms with Gasteiger partial charge in [-0.25, -0.2) is 4.98 Å². The van der Waals surface area contributed by atoms with E-state index in [1.807, 2.05) is 0 Å². The first-order valence-electron chi connectivity index (χ1n) is 12.0. The van der Waals surface area contributed by atoms with E-state index in [2.05, 4.69) is 71.0 Å². The van der Waals surface area contributed by atoms with Gasteiger partial charge in [-0.1, -0.05) is 62.2 Å². The SMILES string of the molecule is C[C@H]1CCCC[C@@H]1C(=O)N1CCC(n2c(Cc3ccccc3)nc3ccccc32)CC1. The predicted octanol–water partition coefficient (Wildman–Crippen LogP) is 5.62. The molecule has 4 heteroatoms. The fraction of sp³-hybridized carbons (Fsp3) is 0.481. The van der Waals surface area contributed by atoms with Gasteiger partial charge in [-0.15, -0.1) is 0 Å². The maximum absolute atomic E-state index is 13.2. The molecule has 1 amide bonds. The Balaban J connectivity index is 1.35. The van der Waals surface area contributed by atoms with Crippen molar-refractivity contribution in [1.82, 2.24) is 14.5 Å². The zero-order chi connectivity index (χ0) is 21.2. The standard InChI is InChI=1S/C27H33N3O/c1-20-9-5-6-12-23(20)27(31)29-17-15-22(16-18-29)30-25-14-8-7-13-24(25)28-26(30)19-21-10-3-2-4-11-21/h2-4,7-8,10-11,13-14,20,22-23H,5-6,9,12,15-19H2,1H3/t20-,23-/m0/s1. The van der Waals surface area contributed by atoms with Crippen molar-refractivity contribution in [3.05, 3.63) is 66.0 Å². The molecule has 3 aromatic rings. The molecule has 0 N–H and O–H groups in total. The molecule has 31 heavy (non-hydrogen) atoms. The second-order valence-electron chi connectivity index (χ2n) is 9.47. The van der Waals surface area contributed by atoms with Crippen LogP contribution in [0, 0.1) is 11.8 Å². The van der Waals surface area contributed by atoms with Crippen molar-refractivity contribution in [3.8, 4) is 0 Å². The molecule has 1 aliphatic heterocycles. The minimum atomic E-state index is 0.244. The molecule has 4 nitrogen and oxygen atoms in total. The number of para-hydroxylation sites is 2. The predicted molar refractivity (Wildman–Crippen MR) is 125 cm³/mol. The molecule has 1 aliphatic carbocycles. The van der Waals surface area contributed by atoms with Crippen molar-refractivity contribution in [2.75, 3.05) is 13.1 Å². The summed E-state index contributed by atoms with van der Waals surface area (Å²) >= 11 is 0. The van der Waals surface area contributed by atoms with Crippen LogP contribution in [-0.4, -0.2) is 33.4 Å². The summed E-state index contributed by atoms with van der Waals surface area (Å²) in [4.78, 5) is 20.3. The Morgan fingerprint density at radius 3 is 2.42 bits per heavy atom. The number of benzene rings is 2. The van der Waals surface area contributed by atoms with Crippen molar-refractivity contribution in [2.24, 2.45) is 11.8 Å². The second-order valence-corrected chi connectivity index (χ2v) is 9.47. The van der Waals surface area contributed by atoms with Gasteiger partial charge in [0.15, 0.2) is 0 Å². The van der Waals surface area contributed by atoms with Crippen LogP contribution in [0.15, 0.2) is 54.6 Å². The first-order chi connectivity index (χ1) is 15.2.